The highest BCUT2D eigenvalue weighted by molar-refractivity contribution is 6.31. The number of amides is 2. The summed E-state index contributed by atoms with van der Waals surface area (Å²) in [7, 11) is 0. The molecule has 2 aromatic rings. The monoisotopic (exact) mass is 402 g/mol. The molecule has 0 spiro atoms. The smallest absolute Gasteiger partial charge is 0.234 e. The summed E-state index contributed by atoms with van der Waals surface area (Å²) in [5, 5.41) is 8.36. The van der Waals surface area contributed by atoms with Crippen LogP contribution in [0.5, 0.6) is 0 Å². The third kappa shape index (κ3) is 5.42. The molecule has 150 valence electrons. The number of likely N-dealkylation sites (tertiary alicyclic amines) is 1. The summed E-state index contributed by atoms with van der Waals surface area (Å²) in [6, 6.07) is 7.44. The van der Waals surface area contributed by atoms with E-state index in [2.05, 4.69) is 20.5 Å². The summed E-state index contributed by atoms with van der Waals surface area (Å²) in [6.07, 6.45) is 3.13. The molecule has 1 saturated heterocycles. The number of pyridine rings is 1. The van der Waals surface area contributed by atoms with Gasteiger partial charge in [-0.15, -0.1) is 0 Å². The lowest BCUT2D eigenvalue weighted by atomic mass is 9.95. The first-order valence-corrected chi connectivity index (χ1v) is 9.97. The predicted molar refractivity (Wildman–Crippen MR) is 112 cm³/mol. The zero-order valence-electron chi connectivity index (χ0n) is 16.6. The minimum Gasteiger partial charge on any atom is -0.350 e. The molecule has 2 heterocycles. The van der Waals surface area contributed by atoms with E-state index in [-0.39, 0.29) is 23.3 Å². The van der Waals surface area contributed by atoms with Gasteiger partial charge in [0.05, 0.1) is 6.54 Å². The zero-order valence-corrected chi connectivity index (χ0v) is 17.3. The number of hydrogen-bond acceptors (Lipinski definition) is 4. The van der Waals surface area contributed by atoms with Gasteiger partial charge in [0, 0.05) is 28.1 Å². The highest BCUT2D eigenvalue weighted by Gasteiger charge is 2.27. The molecule has 2 N–H and O–H groups in total. The third-order valence-corrected chi connectivity index (χ3v) is 5.04. The van der Waals surface area contributed by atoms with Gasteiger partial charge >= 0.3 is 0 Å². The van der Waals surface area contributed by atoms with Gasteiger partial charge in [0.1, 0.15) is 5.82 Å². The van der Waals surface area contributed by atoms with Crippen LogP contribution in [0.3, 0.4) is 0 Å². The number of piperidine rings is 1. The summed E-state index contributed by atoms with van der Waals surface area (Å²) in [6.45, 7) is 7.73. The average Bonchev–Trinajstić information content (AvgIpc) is 2.61. The van der Waals surface area contributed by atoms with Crippen LogP contribution in [0.2, 0.25) is 5.02 Å². The molecule has 1 aliphatic rings. The Bertz CT molecular complexity index is 870. The zero-order chi connectivity index (χ0) is 20.3. The molecule has 0 atom stereocenters. The van der Waals surface area contributed by atoms with E-state index in [4.69, 9.17) is 11.6 Å². The molecule has 0 radical (unpaired) electrons. The summed E-state index contributed by atoms with van der Waals surface area (Å²) in [5.41, 5.74) is -0.232. The minimum absolute atomic E-state index is 0.0206. The topological polar surface area (TPSA) is 74.3 Å². The van der Waals surface area contributed by atoms with Gasteiger partial charge in [0.15, 0.2) is 0 Å². The van der Waals surface area contributed by atoms with Crippen LogP contribution in [0.25, 0.3) is 10.8 Å². The molecule has 0 aliphatic carbocycles. The molecular formula is C21H27ClN4O2. The van der Waals surface area contributed by atoms with Crippen LogP contribution in [-0.2, 0) is 9.59 Å². The van der Waals surface area contributed by atoms with Crippen molar-refractivity contribution in [2.75, 3.05) is 25.0 Å². The Kier molecular flexibility index (Phi) is 6.20. The number of nitrogens with one attached hydrogen (secondary N) is 2. The number of carbonyl (C=O) groups excluding carboxylic acids is 2. The van der Waals surface area contributed by atoms with E-state index < -0.39 is 0 Å². The number of aromatic nitrogens is 1. The second-order valence-corrected chi connectivity index (χ2v) is 8.80. The van der Waals surface area contributed by atoms with Crippen LogP contribution in [0.1, 0.15) is 33.6 Å². The van der Waals surface area contributed by atoms with E-state index in [0.717, 1.165) is 36.7 Å². The molecule has 0 unspecified atom stereocenters. The van der Waals surface area contributed by atoms with E-state index >= 15 is 0 Å². The molecule has 1 aromatic carbocycles. The molecule has 1 aliphatic heterocycles. The first-order chi connectivity index (χ1) is 13.2. The average molecular weight is 403 g/mol. The SMILES string of the molecule is CC(C)(C)NC(=O)CN1CCC(C(=O)Nc2nccc3ccc(Cl)cc23)CC1. The summed E-state index contributed by atoms with van der Waals surface area (Å²) < 4.78 is 0. The third-order valence-electron chi connectivity index (χ3n) is 4.81. The summed E-state index contributed by atoms with van der Waals surface area (Å²) in [4.78, 5) is 31.2. The fraction of sp³-hybridized carbons (Fsp3) is 0.476. The maximum absolute atomic E-state index is 12.7. The Morgan fingerprint density at radius 3 is 2.61 bits per heavy atom. The van der Waals surface area contributed by atoms with Gasteiger partial charge in [-0.05, 0) is 70.3 Å². The fourth-order valence-corrected chi connectivity index (χ4v) is 3.65. The van der Waals surface area contributed by atoms with Crippen molar-refractivity contribution in [3.63, 3.8) is 0 Å². The number of hydrogen-bond donors (Lipinski definition) is 2. The number of carbonyl (C=O) groups is 2. The normalized spacial score (nSPS) is 16.1. The van der Waals surface area contributed by atoms with Crippen LogP contribution in [0, 0.1) is 5.92 Å². The maximum Gasteiger partial charge on any atom is 0.234 e. The fourth-order valence-electron chi connectivity index (χ4n) is 3.47. The van der Waals surface area contributed by atoms with E-state index in [1.165, 1.54) is 0 Å². The number of rotatable bonds is 4. The van der Waals surface area contributed by atoms with Gasteiger partial charge in [0.2, 0.25) is 11.8 Å². The van der Waals surface area contributed by atoms with Gasteiger partial charge in [-0.2, -0.15) is 0 Å². The van der Waals surface area contributed by atoms with Gasteiger partial charge in [-0.3, -0.25) is 14.5 Å². The largest absolute Gasteiger partial charge is 0.350 e. The standard InChI is InChI=1S/C21H27ClN4O2/c1-21(2,3)25-18(27)13-26-10-7-15(8-11-26)20(28)24-19-17-12-16(22)5-4-14(17)6-9-23-19/h4-6,9,12,15H,7-8,10-11,13H2,1-3H3,(H,25,27)(H,23,24,28). The Morgan fingerprint density at radius 2 is 1.93 bits per heavy atom. The van der Waals surface area contributed by atoms with Crippen molar-refractivity contribution in [3.8, 4) is 0 Å². The molecule has 0 bridgehead atoms. The molecule has 28 heavy (non-hydrogen) atoms. The van der Waals surface area contributed by atoms with Crippen molar-refractivity contribution < 1.29 is 9.59 Å². The Balaban J connectivity index is 1.56. The second kappa shape index (κ2) is 8.45. The summed E-state index contributed by atoms with van der Waals surface area (Å²) in [5.74, 6) is 0.446. The molecule has 2 amide bonds. The molecule has 1 aromatic heterocycles. The molecule has 3 rings (SSSR count). The van der Waals surface area contributed by atoms with Crippen molar-refractivity contribution in [2.24, 2.45) is 5.92 Å². The van der Waals surface area contributed by atoms with E-state index in [1.807, 2.05) is 45.0 Å². The van der Waals surface area contributed by atoms with Gasteiger partial charge in [0.25, 0.3) is 0 Å². The Morgan fingerprint density at radius 1 is 1.21 bits per heavy atom. The van der Waals surface area contributed by atoms with Crippen molar-refractivity contribution in [1.82, 2.24) is 15.2 Å². The quantitative estimate of drug-likeness (QED) is 0.821. The van der Waals surface area contributed by atoms with Gasteiger partial charge < -0.3 is 10.6 Å². The van der Waals surface area contributed by atoms with Crippen LogP contribution in [0.15, 0.2) is 30.5 Å². The molecule has 1 fully saturated rings. The lowest BCUT2D eigenvalue weighted by Gasteiger charge is -2.31. The van der Waals surface area contributed by atoms with Crippen LogP contribution in [0.4, 0.5) is 5.82 Å². The van der Waals surface area contributed by atoms with Crippen LogP contribution >= 0.6 is 11.6 Å². The molecule has 7 heteroatoms. The van der Waals surface area contributed by atoms with Crippen molar-refractivity contribution in [3.05, 3.63) is 35.5 Å². The minimum atomic E-state index is -0.232. The first kappa shape index (κ1) is 20.6. The van der Waals surface area contributed by atoms with E-state index in [9.17, 15) is 9.59 Å². The lowest BCUT2D eigenvalue weighted by molar-refractivity contribution is -0.124. The van der Waals surface area contributed by atoms with Crippen molar-refractivity contribution in [1.29, 1.82) is 0 Å². The number of halogens is 1. The molecular weight excluding hydrogens is 376 g/mol. The van der Waals surface area contributed by atoms with Crippen LogP contribution in [-0.4, -0.2) is 46.9 Å². The second-order valence-electron chi connectivity index (χ2n) is 8.36. The van der Waals surface area contributed by atoms with Gasteiger partial charge in [-0.25, -0.2) is 4.98 Å². The predicted octanol–water partition coefficient (Wildman–Crippen LogP) is 3.45. The van der Waals surface area contributed by atoms with Crippen molar-refractivity contribution >= 4 is 40.0 Å². The highest BCUT2D eigenvalue weighted by atomic mass is 35.5. The Hall–Kier alpha value is -2.18. The lowest BCUT2D eigenvalue weighted by Crippen LogP contribution is -2.48. The first-order valence-electron chi connectivity index (χ1n) is 9.60. The summed E-state index contributed by atoms with van der Waals surface area (Å²) >= 11 is 6.09. The van der Waals surface area contributed by atoms with Crippen molar-refractivity contribution in [2.45, 2.75) is 39.2 Å². The maximum atomic E-state index is 12.7. The number of anilines is 1. The van der Waals surface area contributed by atoms with Crippen LogP contribution < -0.4 is 10.6 Å². The van der Waals surface area contributed by atoms with Gasteiger partial charge in [-0.1, -0.05) is 17.7 Å². The molecule has 6 nitrogen and oxygen atoms in total. The van der Waals surface area contributed by atoms with E-state index in [1.54, 1.807) is 6.20 Å². The number of benzene rings is 1. The Labute approximate surface area is 170 Å². The number of fused-ring (bicyclic) bond motifs is 1. The number of nitrogens with zero attached hydrogens (tertiary/aromatic N) is 2. The van der Waals surface area contributed by atoms with E-state index in [0.29, 0.717) is 17.4 Å². The highest BCUT2D eigenvalue weighted by Crippen LogP contribution is 2.26. The molecule has 0 saturated carbocycles.